The van der Waals surface area contributed by atoms with Gasteiger partial charge in [-0.15, -0.1) is 10.2 Å². The summed E-state index contributed by atoms with van der Waals surface area (Å²) in [7, 11) is 0. The third-order valence-corrected chi connectivity index (χ3v) is 3.20. The van der Waals surface area contributed by atoms with E-state index < -0.39 is 0 Å². The number of nitrogens with one attached hydrogen (secondary N) is 1. The van der Waals surface area contributed by atoms with E-state index in [9.17, 15) is 0 Å². The van der Waals surface area contributed by atoms with E-state index in [4.69, 9.17) is 11.6 Å². The van der Waals surface area contributed by atoms with Gasteiger partial charge in [0.15, 0.2) is 0 Å². The van der Waals surface area contributed by atoms with E-state index in [1.807, 2.05) is 32.0 Å². The summed E-state index contributed by atoms with van der Waals surface area (Å²) in [6.45, 7) is 3.90. The SMILES string of the molecule is Cc1nnc(Nc2cccc(Cl)c2C)s1. The molecule has 15 heavy (non-hydrogen) atoms. The molecule has 1 aromatic carbocycles. The maximum atomic E-state index is 6.01. The van der Waals surface area contributed by atoms with E-state index in [0.717, 1.165) is 26.4 Å². The maximum absolute atomic E-state index is 6.01. The van der Waals surface area contributed by atoms with E-state index in [2.05, 4.69) is 15.5 Å². The van der Waals surface area contributed by atoms with Crippen LogP contribution < -0.4 is 5.32 Å². The number of benzene rings is 1. The number of aryl methyl sites for hydroxylation is 1. The van der Waals surface area contributed by atoms with Gasteiger partial charge in [0.05, 0.1) is 0 Å². The van der Waals surface area contributed by atoms with Crippen molar-refractivity contribution in [3.05, 3.63) is 33.8 Å². The standard InChI is InChI=1S/C10H10ClN3S/c1-6-8(11)4-3-5-9(6)12-10-14-13-7(2)15-10/h3-5H,1-2H3,(H,12,14). The molecule has 1 heterocycles. The lowest BCUT2D eigenvalue weighted by atomic mass is 10.2. The average molecular weight is 240 g/mol. The van der Waals surface area contributed by atoms with Gasteiger partial charge in [-0.05, 0) is 31.5 Å². The smallest absolute Gasteiger partial charge is 0.210 e. The summed E-state index contributed by atoms with van der Waals surface area (Å²) in [4.78, 5) is 0. The highest BCUT2D eigenvalue weighted by Crippen LogP contribution is 2.27. The van der Waals surface area contributed by atoms with E-state index in [-0.39, 0.29) is 0 Å². The van der Waals surface area contributed by atoms with Gasteiger partial charge in [0, 0.05) is 10.7 Å². The molecular formula is C10H10ClN3S. The highest BCUT2D eigenvalue weighted by molar-refractivity contribution is 7.15. The predicted molar refractivity (Wildman–Crippen MR) is 64.1 cm³/mol. The Bertz CT molecular complexity index is 481. The third kappa shape index (κ3) is 2.27. The van der Waals surface area contributed by atoms with Gasteiger partial charge in [0.25, 0.3) is 0 Å². The van der Waals surface area contributed by atoms with Crippen LogP contribution in [0.5, 0.6) is 0 Å². The first-order valence-electron chi connectivity index (χ1n) is 4.49. The predicted octanol–water partition coefficient (Wildman–Crippen LogP) is 3.55. The Morgan fingerprint density at radius 2 is 2.07 bits per heavy atom. The van der Waals surface area contributed by atoms with Crippen LogP contribution in [0.3, 0.4) is 0 Å². The van der Waals surface area contributed by atoms with Gasteiger partial charge < -0.3 is 5.32 Å². The van der Waals surface area contributed by atoms with Crippen molar-refractivity contribution in [2.45, 2.75) is 13.8 Å². The van der Waals surface area contributed by atoms with Crippen LogP contribution in [-0.2, 0) is 0 Å². The molecule has 2 aromatic rings. The molecule has 0 aliphatic rings. The lowest BCUT2D eigenvalue weighted by Crippen LogP contribution is -1.92. The number of nitrogens with zero attached hydrogens (tertiary/aromatic N) is 2. The van der Waals surface area contributed by atoms with Gasteiger partial charge in [0.1, 0.15) is 5.01 Å². The highest BCUT2D eigenvalue weighted by atomic mass is 35.5. The van der Waals surface area contributed by atoms with Crippen molar-refractivity contribution >= 4 is 33.8 Å². The van der Waals surface area contributed by atoms with Crippen molar-refractivity contribution in [3.8, 4) is 0 Å². The van der Waals surface area contributed by atoms with Crippen molar-refractivity contribution in [1.82, 2.24) is 10.2 Å². The topological polar surface area (TPSA) is 37.8 Å². The number of hydrogen-bond donors (Lipinski definition) is 1. The Labute approximate surface area is 97.1 Å². The Morgan fingerprint density at radius 1 is 1.27 bits per heavy atom. The average Bonchev–Trinajstić information content (AvgIpc) is 2.59. The van der Waals surface area contributed by atoms with E-state index in [0.29, 0.717) is 0 Å². The summed E-state index contributed by atoms with van der Waals surface area (Å²) in [5, 5.41) is 13.6. The molecule has 0 spiro atoms. The van der Waals surface area contributed by atoms with Crippen molar-refractivity contribution in [2.75, 3.05) is 5.32 Å². The molecular weight excluding hydrogens is 230 g/mol. The van der Waals surface area contributed by atoms with Gasteiger partial charge >= 0.3 is 0 Å². The van der Waals surface area contributed by atoms with E-state index in [1.54, 1.807) is 0 Å². The van der Waals surface area contributed by atoms with E-state index >= 15 is 0 Å². The lowest BCUT2D eigenvalue weighted by molar-refractivity contribution is 1.05. The molecule has 0 saturated carbocycles. The molecule has 1 aromatic heterocycles. The second-order valence-electron chi connectivity index (χ2n) is 3.16. The lowest BCUT2D eigenvalue weighted by Gasteiger charge is -2.06. The minimum absolute atomic E-state index is 0.751. The fourth-order valence-corrected chi connectivity index (χ4v) is 1.98. The molecule has 0 fully saturated rings. The van der Waals surface area contributed by atoms with Crippen molar-refractivity contribution < 1.29 is 0 Å². The van der Waals surface area contributed by atoms with Gasteiger partial charge in [0.2, 0.25) is 5.13 Å². The number of rotatable bonds is 2. The molecule has 5 heteroatoms. The quantitative estimate of drug-likeness (QED) is 0.871. The van der Waals surface area contributed by atoms with E-state index in [1.165, 1.54) is 11.3 Å². The Hall–Kier alpha value is -1.13. The van der Waals surface area contributed by atoms with Crippen LogP contribution in [0.1, 0.15) is 10.6 Å². The zero-order valence-electron chi connectivity index (χ0n) is 8.41. The molecule has 0 unspecified atom stereocenters. The van der Waals surface area contributed by atoms with Crippen LogP contribution in [0.2, 0.25) is 5.02 Å². The van der Waals surface area contributed by atoms with Crippen LogP contribution >= 0.6 is 22.9 Å². The zero-order chi connectivity index (χ0) is 10.8. The monoisotopic (exact) mass is 239 g/mol. The molecule has 0 atom stereocenters. The summed E-state index contributed by atoms with van der Waals surface area (Å²) in [5.41, 5.74) is 1.99. The minimum atomic E-state index is 0.751. The number of anilines is 2. The van der Waals surface area contributed by atoms with Gasteiger partial charge in [-0.1, -0.05) is 29.0 Å². The first-order valence-corrected chi connectivity index (χ1v) is 5.68. The minimum Gasteiger partial charge on any atom is -0.330 e. The Morgan fingerprint density at radius 3 is 2.73 bits per heavy atom. The summed E-state index contributed by atoms with van der Waals surface area (Å²) < 4.78 is 0. The normalized spacial score (nSPS) is 10.3. The number of aromatic nitrogens is 2. The second kappa shape index (κ2) is 4.16. The summed E-state index contributed by atoms with van der Waals surface area (Å²) in [6.07, 6.45) is 0. The van der Waals surface area contributed by atoms with Gasteiger partial charge in [-0.3, -0.25) is 0 Å². The van der Waals surface area contributed by atoms with Gasteiger partial charge in [-0.25, -0.2) is 0 Å². The summed E-state index contributed by atoms with van der Waals surface area (Å²) >= 11 is 7.53. The number of halogens is 1. The van der Waals surface area contributed by atoms with Crippen LogP contribution in [0.25, 0.3) is 0 Å². The van der Waals surface area contributed by atoms with Crippen molar-refractivity contribution in [1.29, 1.82) is 0 Å². The van der Waals surface area contributed by atoms with Crippen LogP contribution in [-0.4, -0.2) is 10.2 Å². The maximum Gasteiger partial charge on any atom is 0.210 e. The molecule has 0 radical (unpaired) electrons. The third-order valence-electron chi connectivity index (χ3n) is 2.04. The largest absolute Gasteiger partial charge is 0.330 e. The zero-order valence-corrected chi connectivity index (χ0v) is 9.99. The van der Waals surface area contributed by atoms with Crippen LogP contribution in [0.4, 0.5) is 10.8 Å². The Balaban J connectivity index is 2.28. The summed E-state index contributed by atoms with van der Waals surface area (Å²) in [5.74, 6) is 0. The van der Waals surface area contributed by atoms with Crippen LogP contribution in [0.15, 0.2) is 18.2 Å². The highest BCUT2D eigenvalue weighted by Gasteiger charge is 2.04. The molecule has 0 bridgehead atoms. The fraction of sp³-hybridized carbons (Fsp3) is 0.200. The first-order chi connectivity index (χ1) is 7.16. The second-order valence-corrected chi connectivity index (χ2v) is 4.75. The molecule has 2 rings (SSSR count). The molecule has 0 amide bonds. The number of hydrogen-bond acceptors (Lipinski definition) is 4. The fourth-order valence-electron chi connectivity index (χ4n) is 1.21. The van der Waals surface area contributed by atoms with Gasteiger partial charge in [-0.2, -0.15) is 0 Å². The first kappa shape index (κ1) is 10.4. The van der Waals surface area contributed by atoms with Crippen LogP contribution in [0, 0.1) is 13.8 Å². The molecule has 0 aliphatic carbocycles. The Kier molecular flexibility index (Phi) is 2.88. The molecule has 0 saturated heterocycles. The summed E-state index contributed by atoms with van der Waals surface area (Å²) in [6, 6.07) is 5.75. The van der Waals surface area contributed by atoms with Crippen molar-refractivity contribution in [3.63, 3.8) is 0 Å². The molecule has 1 N–H and O–H groups in total. The molecule has 3 nitrogen and oxygen atoms in total. The molecule has 78 valence electrons. The molecule has 0 aliphatic heterocycles. The van der Waals surface area contributed by atoms with Crippen molar-refractivity contribution in [2.24, 2.45) is 0 Å².